The van der Waals surface area contributed by atoms with E-state index < -0.39 is 0 Å². The van der Waals surface area contributed by atoms with Crippen molar-refractivity contribution in [2.24, 2.45) is 0 Å². The predicted molar refractivity (Wildman–Crippen MR) is 97.4 cm³/mol. The smallest absolute Gasteiger partial charge is 0.232 e. The van der Waals surface area contributed by atoms with Gasteiger partial charge in [-0.3, -0.25) is 4.79 Å². The van der Waals surface area contributed by atoms with Gasteiger partial charge in [-0.25, -0.2) is 4.39 Å². The number of rotatable bonds is 4. The molecule has 138 valence electrons. The van der Waals surface area contributed by atoms with Crippen molar-refractivity contribution in [3.05, 3.63) is 41.7 Å². The maximum Gasteiger partial charge on any atom is 0.232 e. The van der Waals surface area contributed by atoms with Crippen molar-refractivity contribution in [1.29, 1.82) is 0 Å². The average Bonchev–Trinajstić information content (AvgIpc) is 3.11. The van der Waals surface area contributed by atoms with Gasteiger partial charge in [0.05, 0.1) is 12.3 Å². The Morgan fingerprint density at radius 2 is 1.96 bits per heavy atom. The second kappa shape index (κ2) is 7.75. The normalized spacial score (nSPS) is 18.0. The van der Waals surface area contributed by atoms with E-state index in [0.717, 1.165) is 62.1 Å². The van der Waals surface area contributed by atoms with Gasteiger partial charge < -0.3 is 14.8 Å². The minimum absolute atomic E-state index is 0.144. The molecular formula is C18H22FN5OS. The third-order valence-electron chi connectivity index (χ3n) is 5.04. The molecule has 2 aromatic rings. The second-order valence-corrected chi connectivity index (χ2v) is 7.75. The quantitative estimate of drug-likeness (QED) is 0.829. The molecule has 0 bridgehead atoms. The van der Waals surface area contributed by atoms with Gasteiger partial charge in [-0.1, -0.05) is 0 Å². The summed E-state index contributed by atoms with van der Waals surface area (Å²) in [5.41, 5.74) is 0. The number of nitrogens with one attached hydrogen (secondary N) is 1. The van der Waals surface area contributed by atoms with Gasteiger partial charge in [0.2, 0.25) is 5.91 Å². The largest absolute Gasteiger partial charge is 0.342 e. The monoisotopic (exact) mass is 375 g/mol. The lowest BCUT2D eigenvalue weighted by Gasteiger charge is -2.32. The van der Waals surface area contributed by atoms with Crippen LogP contribution >= 0.6 is 11.8 Å². The molecule has 0 saturated carbocycles. The average molecular weight is 375 g/mol. The Hall–Kier alpha value is -1.93. The SMILES string of the molecule is O=C(CSc1ccc(F)cc1)N1CCC(c2nnc3n2CCNC3)CC1. The molecule has 8 heteroatoms. The van der Waals surface area contributed by atoms with E-state index in [9.17, 15) is 9.18 Å². The molecule has 0 unspecified atom stereocenters. The Bertz CT molecular complexity index is 770. The first kappa shape index (κ1) is 17.5. The van der Waals surface area contributed by atoms with E-state index >= 15 is 0 Å². The molecule has 26 heavy (non-hydrogen) atoms. The van der Waals surface area contributed by atoms with Gasteiger partial charge in [-0.2, -0.15) is 0 Å². The van der Waals surface area contributed by atoms with Gasteiger partial charge in [0.15, 0.2) is 0 Å². The van der Waals surface area contributed by atoms with E-state index in [0.29, 0.717) is 11.7 Å². The highest BCUT2D eigenvalue weighted by atomic mass is 32.2. The third kappa shape index (κ3) is 3.76. The topological polar surface area (TPSA) is 63.1 Å². The highest BCUT2D eigenvalue weighted by molar-refractivity contribution is 8.00. The summed E-state index contributed by atoms with van der Waals surface area (Å²) in [5.74, 6) is 2.75. The van der Waals surface area contributed by atoms with Crippen molar-refractivity contribution >= 4 is 17.7 Å². The molecule has 0 radical (unpaired) electrons. The van der Waals surface area contributed by atoms with Crippen molar-refractivity contribution in [2.45, 2.75) is 36.7 Å². The van der Waals surface area contributed by atoms with Crippen molar-refractivity contribution in [2.75, 3.05) is 25.4 Å². The summed E-state index contributed by atoms with van der Waals surface area (Å²) in [6.45, 7) is 4.17. The second-order valence-electron chi connectivity index (χ2n) is 6.70. The number of carbonyl (C=O) groups is 1. The van der Waals surface area contributed by atoms with E-state index in [1.165, 1.54) is 23.9 Å². The summed E-state index contributed by atoms with van der Waals surface area (Å²) in [6, 6.07) is 6.27. The molecule has 2 aliphatic heterocycles. The fourth-order valence-electron chi connectivity index (χ4n) is 3.57. The number of hydrogen-bond acceptors (Lipinski definition) is 5. The molecule has 6 nitrogen and oxygen atoms in total. The molecule has 1 fully saturated rings. The number of nitrogens with zero attached hydrogens (tertiary/aromatic N) is 4. The van der Waals surface area contributed by atoms with Crippen LogP contribution < -0.4 is 5.32 Å². The molecule has 0 spiro atoms. The Kier molecular flexibility index (Phi) is 5.21. The number of hydrogen-bond donors (Lipinski definition) is 1. The highest BCUT2D eigenvalue weighted by Crippen LogP contribution is 2.28. The molecule has 0 aliphatic carbocycles. The van der Waals surface area contributed by atoms with Crippen LogP contribution in [0.1, 0.15) is 30.4 Å². The van der Waals surface area contributed by atoms with Gasteiger partial charge in [0.1, 0.15) is 17.5 Å². The lowest BCUT2D eigenvalue weighted by Crippen LogP contribution is -2.39. The maximum absolute atomic E-state index is 12.9. The van der Waals surface area contributed by atoms with Crippen molar-refractivity contribution in [1.82, 2.24) is 25.0 Å². The number of aromatic nitrogens is 3. The van der Waals surface area contributed by atoms with E-state index in [2.05, 4.69) is 20.1 Å². The molecule has 1 aromatic carbocycles. The number of likely N-dealkylation sites (tertiary alicyclic amines) is 1. The van der Waals surface area contributed by atoms with E-state index in [1.54, 1.807) is 12.1 Å². The minimum atomic E-state index is -0.255. The Morgan fingerprint density at radius 3 is 2.73 bits per heavy atom. The summed E-state index contributed by atoms with van der Waals surface area (Å²) in [7, 11) is 0. The van der Waals surface area contributed by atoms with Gasteiger partial charge in [-0.15, -0.1) is 22.0 Å². The molecule has 0 atom stereocenters. The van der Waals surface area contributed by atoms with Crippen molar-refractivity contribution in [3.8, 4) is 0 Å². The summed E-state index contributed by atoms with van der Waals surface area (Å²) in [6.07, 6.45) is 1.86. The van der Waals surface area contributed by atoms with Gasteiger partial charge in [-0.05, 0) is 37.1 Å². The summed E-state index contributed by atoms with van der Waals surface area (Å²) in [5, 5.41) is 12.0. The van der Waals surface area contributed by atoms with E-state index in [-0.39, 0.29) is 11.7 Å². The van der Waals surface area contributed by atoms with Crippen molar-refractivity contribution < 1.29 is 9.18 Å². The summed E-state index contributed by atoms with van der Waals surface area (Å²) < 4.78 is 15.2. The van der Waals surface area contributed by atoms with Crippen LogP contribution in [0.25, 0.3) is 0 Å². The van der Waals surface area contributed by atoms with Gasteiger partial charge in [0.25, 0.3) is 0 Å². The molecule has 1 saturated heterocycles. The highest BCUT2D eigenvalue weighted by Gasteiger charge is 2.28. The Labute approximate surface area is 156 Å². The molecule has 4 rings (SSSR count). The zero-order chi connectivity index (χ0) is 17.9. The van der Waals surface area contributed by atoms with Crippen LogP contribution in [-0.4, -0.2) is 51.0 Å². The van der Waals surface area contributed by atoms with Crippen LogP contribution in [0.5, 0.6) is 0 Å². The predicted octanol–water partition coefficient (Wildman–Crippen LogP) is 2.02. The van der Waals surface area contributed by atoms with Gasteiger partial charge in [0, 0.05) is 37.0 Å². The Balaban J connectivity index is 1.30. The standard InChI is InChI=1S/C18H22FN5OS/c19-14-1-3-15(4-2-14)26-12-17(25)23-8-5-13(6-9-23)18-22-21-16-11-20-7-10-24(16)18/h1-4,13,20H,5-12H2. The van der Waals surface area contributed by atoms with Crippen molar-refractivity contribution in [3.63, 3.8) is 0 Å². The first-order chi connectivity index (χ1) is 12.7. The summed E-state index contributed by atoms with van der Waals surface area (Å²) in [4.78, 5) is 15.3. The number of benzene rings is 1. The fourth-order valence-corrected chi connectivity index (χ4v) is 4.37. The molecule has 3 heterocycles. The molecule has 1 amide bonds. The first-order valence-corrected chi connectivity index (χ1v) is 9.98. The molecular weight excluding hydrogens is 353 g/mol. The third-order valence-corrected chi connectivity index (χ3v) is 6.04. The van der Waals surface area contributed by atoms with E-state index in [4.69, 9.17) is 0 Å². The van der Waals surface area contributed by atoms with Gasteiger partial charge >= 0.3 is 0 Å². The number of thioether (sulfide) groups is 1. The summed E-state index contributed by atoms with van der Waals surface area (Å²) >= 11 is 1.46. The number of fused-ring (bicyclic) bond motifs is 1. The zero-order valence-electron chi connectivity index (χ0n) is 14.5. The lowest BCUT2D eigenvalue weighted by molar-refractivity contribution is -0.129. The van der Waals surface area contributed by atoms with Crippen LogP contribution in [0, 0.1) is 5.82 Å². The van der Waals surface area contributed by atoms with E-state index in [1.807, 2.05) is 4.90 Å². The number of carbonyl (C=O) groups excluding carboxylic acids is 1. The fraction of sp³-hybridized carbons (Fsp3) is 0.500. The lowest BCUT2D eigenvalue weighted by atomic mass is 9.95. The Morgan fingerprint density at radius 1 is 1.19 bits per heavy atom. The number of halogens is 1. The number of amides is 1. The van der Waals surface area contributed by atoms with Crippen LogP contribution in [0.4, 0.5) is 4.39 Å². The van der Waals surface area contributed by atoms with Crippen LogP contribution in [0.15, 0.2) is 29.2 Å². The van der Waals surface area contributed by atoms with Crippen LogP contribution in [-0.2, 0) is 17.9 Å². The minimum Gasteiger partial charge on any atom is -0.342 e. The zero-order valence-corrected chi connectivity index (χ0v) is 15.3. The maximum atomic E-state index is 12.9. The molecule has 1 N–H and O–H groups in total. The molecule has 2 aliphatic rings. The van der Waals surface area contributed by atoms with Crippen LogP contribution in [0.2, 0.25) is 0 Å². The molecule has 1 aromatic heterocycles. The van der Waals surface area contributed by atoms with Crippen LogP contribution in [0.3, 0.4) is 0 Å². The number of piperidine rings is 1. The first-order valence-electron chi connectivity index (χ1n) is 8.99.